The van der Waals surface area contributed by atoms with Crippen LogP contribution in [-0.4, -0.2) is 23.3 Å². The molecule has 1 atom stereocenters. The Balaban J connectivity index is 1.64. The third kappa shape index (κ3) is 5.92. The van der Waals surface area contributed by atoms with E-state index in [4.69, 9.17) is 21.6 Å². The fourth-order valence-corrected chi connectivity index (χ4v) is 3.42. The van der Waals surface area contributed by atoms with Crippen LogP contribution in [0.3, 0.4) is 0 Å². The van der Waals surface area contributed by atoms with Gasteiger partial charge in [-0.05, 0) is 53.6 Å². The number of hydrogen-bond donors (Lipinski definition) is 3. The highest BCUT2D eigenvalue weighted by Crippen LogP contribution is 2.26. The van der Waals surface area contributed by atoms with Crippen LogP contribution in [0.1, 0.15) is 44.4 Å². The number of pyridine rings is 1. The van der Waals surface area contributed by atoms with E-state index in [1.807, 2.05) is 24.3 Å². The molecule has 5 nitrogen and oxygen atoms in total. The maximum atomic E-state index is 7.89. The van der Waals surface area contributed by atoms with Gasteiger partial charge in [-0.3, -0.25) is 4.98 Å². The molecule has 0 bridgehead atoms. The third-order valence-electron chi connectivity index (χ3n) is 5.29. The molecule has 0 aliphatic rings. The summed E-state index contributed by atoms with van der Waals surface area (Å²) < 4.78 is 5.93. The van der Waals surface area contributed by atoms with E-state index in [9.17, 15) is 0 Å². The Hall–Kier alpha value is -3.18. The van der Waals surface area contributed by atoms with E-state index in [2.05, 4.69) is 50.0 Å². The van der Waals surface area contributed by atoms with Crippen molar-refractivity contribution in [1.82, 2.24) is 4.98 Å². The van der Waals surface area contributed by atoms with Crippen molar-refractivity contribution in [1.29, 1.82) is 5.41 Å². The van der Waals surface area contributed by atoms with Gasteiger partial charge in [-0.25, -0.2) is 0 Å². The van der Waals surface area contributed by atoms with Crippen LogP contribution < -0.4 is 16.2 Å². The summed E-state index contributed by atoms with van der Waals surface area (Å²) in [6.45, 7) is 8.76. The van der Waals surface area contributed by atoms with Crippen molar-refractivity contribution in [3.05, 3.63) is 77.6 Å². The number of hydrogen-bond acceptors (Lipinski definition) is 5. The Morgan fingerprint density at radius 1 is 1.03 bits per heavy atom. The number of nitrogen functional groups attached to an aromatic ring is 1. The summed E-state index contributed by atoms with van der Waals surface area (Å²) in [5.74, 6) is 0.668. The van der Waals surface area contributed by atoms with E-state index >= 15 is 0 Å². The summed E-state index contributed by atoms with van der Waals surface area (Å²) in [7, 11) is 0. The number of benzene rings is 2. The highest BCUT2D eigenvalue weighted by molar-refractivity contribution is 6.02. The van der Waals surface area contributed by atoms with Gasteiger partial charge in [0.15, 0.2) is 0 Å². The van der Waals surface area contributed by atoms with Gasteiger partial charge in [0.05, 0.1) is 6.20 Å². The van der Waals surface area contributed by atoms with Gasteiger partial charge >= 0.3 is 0 Å². The van der Waals surface area contributed by atoms with Crippen LogP contribution in [0.5, 0.6) is 5.75 Å². The SMILES string of the molecule is CC(=N)c1cc(-c2cncc(OC[C@@H](N)Cc3ccc(C(C)(C)C)cc3)c2)ccc1N. The number of aromatic nitrogens is 1. The molecular weight excluding hydrogens is 384 g/mol. The molecule has 1 heterocycles. The molecule has 162 valence electrons. The summed E-state index contributed by atoms with van der Waals surface area (Å²) in [6.07, 6.45) is 4.21. The van der Waals surface area contributed by atoms with Crippen LogP contribution in [0.15, 0.2) is 60.9 Å². The number of anilines is 1. The lowest BCUT2D eigenvalue weighted by Gasteiger charge is -2.19. The van der Waals surface area contributed by atoms with Crippen molar-refractivity contribution in [2.45, 2.75) is 45.6 Å². The minimum absolute atomic E-state index is 0.118. The van der Waals surface area contributed by atoms with E-state index in [0.29, 0.717) is 23.8 Å². The molecule has 31 heavy (non-hydrogen) atoms. The Morgan fingerprint density at radius 3 is 2.39 bits per heavy atom. The van der Waals surface area contributed by atoms with Gasteiger partial charge in [0.2, 0.25) is 0 Å². The topological polar surface area (TPSA) is 98.0 Å². The maximum absolute atomic E-state index is 7.89. The molecule has 0 aliphatic carbocycles. The van der Waals surface area contributed by atoms with Crippen LogP contribution in [0, 0.1) is 5.41 Å². The lowest BCUT2D eigenvalue weighted by Crippen LogP contribution is -2.30. The second-order valence-corrected chi connectivity index (χ2v) is 9.06. The smallest absolute Gasteiger partial charge is 0.138 e. The molecule has 0 radical (unpaired) electrons. The van der Waals surface area contributed by atoms with Crippen LogP contribution >= 0.6 is 0 Å². The van der Waals surface area contributed by atoms with Crippen molar-refractivity contribution in [2.24, 2.45) is 5.73 Å². The molecule has 2 aromatic carbocycles. The summed E-state index contributed by atoms with van der Waals surface area (Å²) >= 11 is 0. The van der Waals surface area contributed by atoms with Crippen LogP contribution in [0.25, 0.3) is 11.1 Å². The highest BCUT2D eigenvalue weighted by Gasteiger charge is 2.14. The fraction of sp³-hybridized carbons (Fsp3) is 0.308. The monoisotopic (exact) mass is 416 g/mol. The molecule has 5 heteroatoms. The fourth-order valence-electron chi connectivity index (χ4n) is 3.42. The van der Waals surface area contributed by atoms with Gasteiger partial charge < -0.3 is 21.6 Å². The Kier molecular flexibility index (Phi) is 6.76. The molecule has 0 aliphatic heterocycles. The van der Waals surface area contributed by atoms with E-state index in [0.717, 1.165) is 23.1 Å². The quantitative estimate of drug-likeness (QED) is 0.374. The normalized spacial score (nSPS) is 12.4. The molecule has 3 rings (SSSR count). The number of rotatable bonds is 7. The van der Waals surface area contributed by atoms with Crippen LogP contribution in [0.2, 0.25) is 0 Å². The summed E-state index contributed by atoms with van der Waals surface area (Å²) in [5, 5.41) is 7.89. The Morgan fingerprint density at radius 2 is 1.74 bits per heavy atom. The van der Waals surface area contributed by atoms with E-state index < -0.39 is 0 Å². The van der Waals surface area contributed by atoms with Gasteiger partial charge in [0, 0.05) is 34.8 Å². The predicted molar refractivity (Wildman–Crippen MR) is 129 cm³/mol. The lowest BCUT2D eigenvalue weighted by atomic mass is 9.86. The van der Waals surface area contributed by atoms with Gasteiger partial charge in [-0.15, -0.1) is 0 Å². The first-order valence-corrected chi connectivity index (χ1v) is 10.5. The zero-order valence-corrected chi connectivity index (χ0v) is 18.8. The third-order valence-corrected chi connectivity index (χ3v) is 5.29. The maximum Gasteiger partial charge on any atom is 0.138 e. The Labute approximate surface area is 185 Å². The van der Waals surface area contributed by atoms with Crippen LogP contribution in [0.4, 0.5) is 5.69 Å². The number of ether oxygens (including phenoxy) is 1. The van der Waals surface area contributed by atoms with Gasteiger partial charge in [-0.1, -0.05) is 51.1 Å². The number of nitrogens with one attached hydrogen (secondary N) is 1. The second kappa shape index (κ2) is 9.31. The molecule has 0 amide bonds. The van der Waals surface area contributed by atoms with Crippen molar-refractivity contribution in [2.75, 3.05) is 12.3 Å². The lowest BCUT2D eigenvalue weighted by molar-refractivity contribution is 0.286. The minimum atomic E-state index is -0.118. The molecular formula is C26H32N4O. The molecule has 0 unspecified atom stereocenters. The average molecular weight is 417 g/mol. The van der Waals surface area contributed by atoms with Crippen molar-refractivity contribution in [3.63, 3.8) is 0 Å². The molecule has 1 aromatic heterocycles. The number of nitrogens with zero attached hydrogens (tertiary/aromatic N) is 1. The second-order valence-electron chi connectivity index (χ2n) is 9.06. The summed E-state index contributed by atoms with van der Waals surface area (Å²) in [6, 6.07) is 16.1. The first-order chi connectivity index (χ1) is 14.6. The predicted octanol–water partition coefficient (Wildman–Crippen LogP) is 4.96. The molecule has 0 spiro atoms. The molecule has 0 saturated carbocycles. The highest BCUT2D eigenvalue weighted by atomic mass is 16.5. The molecule has 0 fully saturated rings. The van der Waals surface area contributed by atoms with E-state index in [1.54, 1.807) is 19.3 Å². The zero-order valence-electron chi connectivity index (χ0n) is 18.8. The molecule has 3 aromatic rings. The van der Waals surface area contributed by atoms with Gasteiger partial charge in [0.1, 0.15) is 12.4 Å². The first-order valence-electron chi connectivity index (χ1n) is 10.5. The van der Waals surface area contributed by atoms with Gasteiger partial charge in [0.25, 0.3) is 0 Å². The first kappa shape index (κ1) is 22.5. The van der Waals surface area contributed by atoms with Crippen molar-refractivity contribution < 1.29 is 4.74 Å². The molecule has 0 saturated heterocycles. The molecule has 5 N–H and O–H groups in total. The summed E-state index contributed by atoms with van der Waals surface area (Å²) in [4.78, 5) is 4.30. The van der Waals surface area contributed by atoms with Crippen molar-refractivity contribution in [3.8, 4) is 16.9 Å². The van der Waals surface area contributed by atoms with Crippen molar-refractivity contribution >= 4 is 11.4 Å². The average Bonchev–Trinajstić information content (AvgIpc) is 2.72. The largest absolute Gasteiger partial charge is 0.490 e. The van der Waals surface area contributed by atoms with E-state index in [-0.39, 0.29) is 11.5 Å². The van der Waals surface area contributed by atoms with Gasteiger partial charge in [-0.2, -0.15) is 0 Å². The zero-order chi connectivity index (χ0) is 22.6. The summed E-state index contributed by atoms with van der Waals surface area (Å²) in [5.41, 5.74) is 18.6. The standard InChI is InChI=1S/C26H32N4O/c1-17(27)24-13-19(7-10-25(24)29)20-12-23(15-30-14-20)31-16-22(28)11-18-5-8-21(9-6-18)26(2,3)4/h5-10,12-15,22,27H,11,16,28-29H2,1-4H3/t22-/m0/s1. The van der Waals surface area contributed by atoms with E-state index in [1.165, 1.54) is 11.1 Å². The van der Waals surface area contributed by atoms with Crippen LogP contribution in [-0.2, 0) is 11.8 Å². The number of nitrogens with two attached hydrogens (primary N) is 2. The Bertz CT molecular complexity index is 1050. The minimum Gasteiger partial charge on any atom is -0.490 e.